The molecule has 80 heavy (non-hydrogen) atoms. The minimum Gasteiger partial charge on any atom is -0.462 e. The van der Waals surface area contributed by atoms with Crippen LogP contribution in [0.1, 0.15) is 348 Å². The van der Waals surface area contributed by atoms with Crippen LogP contribution in [0.2, 0.25) is 0 Å². The SMILES string of the molecule is CC/C=C\C/C=C\C/C=C\C/C=C\CCCCCCCCCCCCCCCCCCC(=O)OCC(COC(=O)CCCCCCCCCCCCCCCCCC)OC(=O)CCCCCCCCC/C=C\C/C=C\C/C=C\CC. The van der Waals surface area contributed by atoms with E-state index in [0.29, 0.717) is 19.3 Å². The Morgan fingerprint density at radius 3 is 0.762 bits per heavy atom. The Hall–Kier alpha value is -3.41. The zero-order valence-corrected chi connectivity index (χ0v) is 53.1. The van der Waals surface area contributed by atoms with Gasteiger partial charge in [-0.05, 0) is 89.9 Å². The molecular formula is C74H130O6. The van der Waals surface area contributed by atoms with Gasteiger partial charge in [-0.2, -0.15) is 0 Å². The highest BCUT2D eigenvalue weighted by Gasteiger charge is 2.19. The molecule has 1 atom stereocenters. The second-order valence-corrected chi connectivity index (χ2v) is 23.0. The summed E-state index contributed by atoms with van der Waals surface area (Å²) in [5.74, 6) is -0.865. The van der Waals surface area contributed by atoms with Gasteiger partial charge >= 0.3 is 17.9 Å². The molecule has 0 aromatic heterocycles. The zero-order valence-electron chi connectivity index (χ0n) is 53.1. The van der Waals surface area contributed by atoms with Crippen LogP contribution in [0.3, 0.4) is 0 Å². The van der Waals surface area contributed by atoms with Crippen LogP contribution < -0.4 is 0 Å². The fraction of sp³-hybridized carbons (Fsp3) is 0.770. The summed E-state index contributed by atoms with van der Waals surface area (Å²) in [5, 5.41) is 0. The number of carbonyl (C=O) groups is 3. The topological polar surface area (TPSA) is 78.9 Å². The number of allylic oxidation sites excluding steroid dienone is 14. The molecule has 0 spiro atoms. The molecule has 0 aromatic rings. The Labute approximate surface area is 496 Å². The van der Waals surface area contributed by atoms with E-state index in [0.717, 1.165) is 109 Å². The maximum atomic E-state index is 12.9. The van der Waals surface area contributed by atoms with Crippen LogP contribution in [-0.2, 0) is 28.6 Å². The van der Waals surface area contributed by atoms with Crippen molar-refractivity contribution in [3.05, 3.63) is 85.1 Å². The highest BCUT2D eigenvalue weighted by molar-refractivity contribution is 5.71. The van der Waals surface area contributed by atoms with Gasteiger partial charge in [0.15, 0.2) is 6.10 Å². The number of ether oxygens (including phenoxy) is 3. The van der Waals surface area contributed by atoms with E-state index in [1.165, 1.54) is 199 Å². The minimum absolute atomic E-state index is 0.0755. The van der Waals surface area contributed by atoms with Crippen molar-refractivity contribution < 1.29 is 28.6 Å². The highest BCUT2D eigenvalue weighted by atomic mass is 16.6. The fourth-order valence-electron chi connectivity index (χ4n) is 10.0. The van der Waals surface area contributed by atoms with Crippen molar-refractivity contribution in [1.29, 1.82) is 0 Å². The van der Waals surface area contributed by atoms with Gasteiger partial charge in [0, 0.05) is 19.3 Å². The van der Waals surface area contributed by atoms with Gasteiger partial charge in [-0.25, -0.2) is 0 Å². The first-order valence-corrected chi connectivity index (χ1v) is 34.6. The average Bonchev–Trinajstić information content (AvgIpc) is 3.46. The first-order valence-electron chi connectivity index (χ1n) is 34.6. The van der Waals surface area contributed by atoms with Crippen LogP contribution in [0.15, 0.2) is 85.1 Å². The molecule has 0 aromatic carbocycles. The van der Waals surface area contributed by atoms with Crippen molar-refractivity contribution in [3.63, 3.8) is 0 Å². The molecule has 6 nitrogen and oxygen atoms in total. The van der Waals surface area contributed by atoms with Gasteiger partial charge in [-0.1, -0.05) is 324 Å². The van der Waals surface area contributed by atoms with Gasteiger partial charge < -0.3 is 14.2 Å². The van der Waals surface area contributed by atoms with Gasteiger partial charge in [0.25, 0.3) is 0 Å². The van der Waals surface area contributed by atoms with E-state index in [2.05, 4.69) is 106 Å². The van der Waals surface area contributed by atoms with E-state index in [4.69, 9.17) is 14.2 Å². The lowest BCUT2D eigenvalue weighted by molar-refractivity contribution is -0.167. The Balaban J connectivity index is 4.25. The second kappa shape index (κ2) is 68.1. The van der Waals surface area contributed by atoms with Gasteiger partial charge in [0.1, 0.15) is 13.2 Å². The van der Waals surface area contributed by atoms with Crippen molar-refractivity contribution in [2.24, 2.45) is 0 Å². The van der Waals surface area contributed by atoms with Crippen LogP contribution in [-0.4, -0.2) is 37.2 Å². The summed E-state index contributed by atoms with van der Waals surface area (Å²) in [4.78, 5) is 38.4. The molecule has 6 heteroatoms. The summed E-state index contributed by atoms with van der Waals surface area (Å²) in [7, 11) is 0. The van der Waals surface area contributed by atoms with Crippen LogP contribution in [0.4, 0.5) is 0 Å². The van der Waals surface area contributed by atoms with Gasteiger partial charge in [-0.15, -0.1) is 0 Å². The van der Waals surface area contributed by atoms with Gasteiger partial charge in [-0.3, -0.25) is 14.4 Å². The molecule has 0 bridgehead atoms. The van der Waals surface area contributed by atoms with E-state index < -0.39 is 6.10 Å². The average molecular weight is 1120 g/mol. The fourth-order valence-corrected chi connectivity index (χ4v) is 10.0. The van der Waals surface area contributed by atoms with Crippen molar-refractivity contribution in [3.8, 4) is 0 Å². The first-order chi connectivity index (χ1) is 39.5. The molecule has 0 amide bonds. The molecule has 0 saturated carbocycles. The zero-order chi connectivity index (χ0) is 57.8. The van der Waals surface area contributed by atoms with Crippen molar-refractivity contribution in [2.45, 2.75) is 354 Å². The molecule has 0 saturated heterocycles. The predicted octanol–water partition coefficient (Wildman–Crippen LogP) is 23.8. The number of esters is 3. The smallest absolute Gasteiger partial charge is 0.306 e. The van der Waals surface area contributed by atoms with E-state index in [1.54, 1.807) is 0 Å². The predicted molar refractivity (Wildman–Crippen MR) is 348 cm³/mol. The summed E-state index contributed by atoms with van der Waals surface area (Å²) in [6.07, 6.45) is 90.3. The van der Waals surface area contributed by atoms with E-state index >= 15 is 0 Å². The van der Waals surface area contributed by atoms with Crippen molar-refractivity contribution >= 4 is 17.9 Å². The summed E-state index contributed by atoms with van der Waals surface area (Å²) in [5.41, 5.74) is 0. The quantitative estimate of drug-likeness (QED) is 0.0261. The molecule has 0 heterocycles. The lowest BCUT2D eigenvalue weighted by Crippen LogP contribution is -2.30. The largest absolute Gasteiger partial charge is 0.462 e. The van der Waals surface area contributed by atoms with Crippen LogP contribution >= 0.6 is 0 Å². The minimum atomic E-state index is -0.781. The summed E-state index contributed by atoms with van der Waals surface area (Å²) in [6.45, 7) is 6.46. The Kier molecular flexibility index (Phi) is 65.2. The van der Waals surface area contributed by atoms with Crippen molar-refractivity contribution in [1.82, 2.24) is 0 Å². The van der Waals surface area contributed by atoms with Gasteiger partial charge in [0.05, 0.1) is 0 Å². The molecule has 0 aliphatic rings. The monoisotopic (exact) mass is 1110 g/mol. The molecule has 0 N–H and O–H groups in total. The number of unbranched alkanes of at least 4 members (excludes halogenated alkanes) is 38. The van der Waals surface area contributed by atoms with Crippen LogP contribution in [0.25, 0.3) is 0 Å². The summed E-state index contributed by atoms with van der Waals surface area (Å²) < 4.78 is 17.0. The number of hydrogen-bond donors (Lipinski definition) is 0. The maximum absolute atomic E-state index is 12.9. The molecule has 0 aliphatic heterocycles. The lowest BCUT2D eigenvalue weighted by Gasteiger charge is -2.18. The molecule has 462 valence electrons. The number of hydrogen-bond acceptors (Lipinski definition) is 6. The Morgan fingerprint density at radius 2 is 0.487 bits per heavy atom. The van der Waals surface area contributed by atoms with Crippen LogP contribution in [0.5, 0.6) is 0 Å². The van der Waals surface area contributed by atoms with E-state index in [-0.39, 0.29) is 31.1 Å². The number of carbonyl (C=O) groups excluding carboxylic acids is 3. The highest BCUT2D eigenvalue weighted by Crippen LogP contribution is 2.18. The number of rotatable bonds is 63. The molecule has 0 fully saturated rings. The van der Waals surface area contributed by atoms with Crippen molar-refractivity contribution in [2.75, 3.05) is 13.2 Å². The molecular weight excluding hydrogens is 985 g/mol. The maximum Gasteiger partial charge on any atom is 0.306 e. The third-order valence-corrected chi connectivity index (χ3v) is 15.1. The van der Waals surface area contributed by atoms with Crippen LogP contribution in [0, 0.1) is 0 Å². The summed E-state index contributed by atoms with van der Waals surface area (Å²) >= 11 is 0. The summed E-state index contributed by atoms with van der Waals surface area (Å²) in [6, 6.07) is 0. The standard InChI is InChI=1S/C74H130O6/c1-4-7-10-13-16-19-22-25-28-31-32-33-34-35-36-37-38-39-40-41-42-44-46-49-52-55-58-61-64-67-73(76)79-70-71(69-78-72(75)66-63-60-57-54-51-48-45-30-27-24-21-18-15-12-9-6-3)80-74(77)68-65-62-59-56-53-50-47-43-29-26-23-20-17-14-11-8-5-2/h7-8,10-11,16-17,19-20,25-26,28-29,32-33,71H,4-6,9,12-15,18,21-24,27,30-31,34-70H2,1-3H3/b10-7-,11-8-,19-16-,20-17-,28-25-,29-26-,33-32-. The Bertz CT molecular complexity index is 1520. The third-order valence-electron chi connectivity index (χ3n) is 15.1. The lowest BCUT2D eigenvalue weighted by atomic mass is 10.0. The van der Waals surface area contributed by atoms with Gasteiger partial charge in [0.2, 0.25) is 0 Å². The normalized spacial score (nSPS) is 12.6. The molecule has 1 unspecified atom stereocenters. The second-order valence-electron chi connectivity index (χ2n) is 23.0. The molecule has 0 aliphatic carbocycles. The Morgan fingerprint density at radius 1 is 0.263 bits per heavy atom. The molecule has 0 radical (unpaired) electrons. The first kappa shape index (κ1) is 76.6. The molecule has 0 rings (SSSR count). The third kappa shape index (κ3) is 65.4. The van der Waals surface area contributed by atoms with E-state index in [9.17, 15) is 14.4 Å². The van der Waals surface area contributed by atoms with E-state index in [1.807, 2.05) is 0 Å².